The van der Waals surface area contributed by atoms with Crippen molar-refractivity contribution in [3.8, 4) is 0 Å². The van der Waals surface area contributed by atoms with Gasteiger partial charge in [-0.1, -0.05) is 0 Å². The first kappa shape index (κ1) is 14.5. The van der Waals surface area contributed by atoms with E-state index in [4.69, 9.17) is 10.5 Å². The van der Waals surface area contributed by atoms with Crippen LogP contribution in [0, 0.1) is 12.8 Å². The van der Waals surface area contributed by atoms with Crippen LogP contribution in [0.2, 0.25) is 0 Å². The van der Waals surface area contributed by atoms with Crippen LogP contribution >= 0.6 is 0 Å². The van der Waals surface area contributed by atoms with Crippen molar-refractivity contribution in [3.63, 3.8) is 0 Å². The molecule has 0 saturated carbocycles. The Morgan fingerprint density at radius 3 is 2.90 bits per heavy atom. The number of nitrogens with two attached hydrogens (primary N) is 1. The van der Waals surface area contributed by atoms with Gasteiger partial charge in [-0.05, 0) is 25.7 Å². The molecular formula is C15H25N5O. The maximum atomic E-state index is 5.81. The minimum Gasteiger partial charge on any atom is -0.383 e. The van der Waals surface area contributed by atoms with Crippen LogP contribution < -0.4 is 10.6 Å². The molecule has 4 rings (SSSR count). The van der Waals surface area contributed by atoms with Gasteiger partial charge in [0.05, 0.1) is 6.61 Å². The highest BCUT2D eigenvalue weighted by atomic mass is 16.5. The van der Waals surface area contributed by atoms with Crippen molar-refractivity contribution in [1.29, 1.82) is 0 Å². The molecule has 0 unspecified atom stereocenters. The van der Waals surface area contributed by atoms with Crippen molar-refractivity contribution in [2.45, 2.75) is 25.8 Å². The van der Waals surface area contributed by atoms with E-state index in [9.17, 15) is 0 Å². The monoisotopic (exact) mass is 291 g/mol. The lowest BCUT2D eigenvalue weighted by Crippen LogP contribution is -2.45. The van der Waals surface area contributed by atoms with Crippen LogP contribution in [0.1, 0.15) is 18.5 Å². The number of piperidine rings is 1. The number of aryl methyl sites for hydroxylation is 1. The van der Waals surface area contributed by atoms with E-state index in [1.54, 1.807) is 7.11 Å². The summed E-state index contributed by atoms with van der Waals surface area (Å²) >= 11 is 0. The minimum atomic E-state index is 0.373. The topological polar surface area (TPSA) is 67.5 Å². The summed E-state index contributed by atoms with van der Waals surface area (Å²) in [5.41, 5.74) is 6.74. The van der Waals surface area contributed by atoms with Crippen LogP contribution in [0.25, 0.3) is 0 Å². The Morgan fingerprint density at radius 2 is 2.14 bits per heavy atom. The SMILES string of the molecule is COCCN1C[C@H]2CC[C@@H]1CN(c1cc(C)nc(N)n1)C2. The van der Waals surface area contributed by atoms with Crippen LogP contribution in [0.3, 0.4) is 0 Å². The summed E-state index contributed by atoms with van der Waals surface area (Å²) in [5.74, 6) is 2.06. The number of nitrogens with zero attached hydrogens (tertiary/aromatic N) is 4. The highest BCUT2D eigenvalue weighted by Crippen LogP contribution is 2.30. The second-order valence-corrected chi connectivity index (χ2v) is 6.22. The maximum absolute atomic E-state index is 5.81. The van der Waals surface area contributed by atoms with E-state index >= 15 is 0 Å². The largest absolute Gasteiger partial charge is 0.383 e. The van der Waals surface area contributed by atoms with Gasteiger partial charge in [0, 0.05) is 51.1 Å². The molecule has 0 aromatic carbocycles. The van der Waals surface area contributed by atoms with Gasteiger partial charge in [0.1, 0.15) is 5.82 Å². The van der Waals surface area contributed by atoms with Crippen molar-refractivity contribution in [2.24, 2.45) is 5.92 Å². The Labute approximate surface area is 126 Å². The Kier molecular flexibility index (Phi) is 4.26. The lowest BCUT2D eigenvalue weighted by molar-refractivity contribution is 0.0889. The van der Waals surface area contributed by atoms with Crippen molar-refractivity contribution < 1.29 is 4.74 Å². The van der Waals surface area contributed by atoms with E-state index in [1.165, 1.54) is 19.4 Å². The number of methoxy groups -OCH3 is 1. The van der Waals surface area contributed by atoms with Crippen molar-refractivity contribution >= 4 is 11.8 Å². The molecule has 0 aliphatic carbocycles. The second-order valence-electron chi connectivity index (χ2n) is 6.22. The molecular weight excluding hydrogens is 266 g/mol. The molecule has 2 bridgehead atoms. The predicted octanol–water partition coefficient (Wildman–Crippen LogP) is 0.914. The lowest BCUT2D eigenvalue weighted by atomic mass is 9.95. The van der Waals surface area contributed by atoms with Gasteiger partial charge in [0.15, 0.2) is 0 Å². The summed E-state index contributed by atoms with van der Waals surface area (Å²) < 4.78 is 5.24. The van der Waals surface area contributed by atoms with E-state index in [-0.39, 0.29) is 0 Å². The summed E-state index contributed by atoms with van der Waals surface area (Å²) in [5, 5.41) is 0. The number of hydrogen-bond acceptors (Lipinski definition) is 6. The molecule has 0 spiro atoms. The number of rotatable bonds is 4. The smallest absolute Gasteiger partial charge is 0.222 e. The number of fused-ring (bicyclic) bond motifs is 4. The zero-order chi connectivity index (χ0) is 14.8. The van der Waals surface area contributed by atoms with E-state index in [2.05, 4.69) is 19.8 Å². The van der Waals surface area contributed by atoms with Gasteiger partial charge in [-0.3, -0.25) is 4.90 Å². The third-order valence-corrected chi connectivity index (χ3v) is 4.59. The molecule has 3 fully saturated rings. The van der Waals surface area contributed by atoms with Crippen LogP contribution in [0.15, 0.2) is 6.07 Å². The Bertz CT molecular complexity index is 475. The molecule has 116 valence electrons. The second kappa shape index (κ2) is 6.15. The quantitative estimate of drug-likeness (QED) is 0.889. The first-order chi connectivity index (χ1) is 10.2. The number of ether oxygens (including phenoxy) is 1. The summed E-state index contributed by atoms with van der Waals surface area (Å²) in [4.78, 5) is 13.6. The predicted molar refractivity (Wildman–Crippen MR) is 83.4 cm³/mol. The van der Waals surface area contributed by atoms with Gasteiger partial charge in [0.2, 0.25) is 5.95 Å². The standard InChI is InChI=1S/C15H25N5O/c1-11-7-14(18-15(16)17-11)20-9-12-3-4-13(10-20)19(8-12)5-6-21-2/h7,12-13H,3-6,8-10H2,1-2H3,(H2,16,17,18)/t12-,13-/m1/s1. The zero-order valence-electron chi connectivity index (χ0n) is 13.0. The highest BCUT2D eigenvalue weighted by molar-refractivity contribution is 5.44. The van der Waals surface area contributed by atoms with Crippen molar-refractivity contribution in [3.05, 3.63) is 11.8 Å². The molecule has 3 saturated heterocycles. The van der Waals surface area contributed by atoms with Crippen molar-refractivity contribution in [2.75, 3.05) is 50.5 Å². The van der Waals surface area contributed by atoms with Gasteiger partial charge < -0.3 is 15.4 Å². The summed E-state index contributed by atoms with van der Waals surface area (Å²) in [6.07, 6.45) is 2.58. The molecule has 21 heavy (non-hydrogen) atoms. The van der Waals surface area contributed by atoms with Gasteiger partial charge >= 0.3 is 0 Å². The first-order valence-corrected chi connectivity index (χ1v) is 7.75. The summed E-state index contributed by atoms with van der Waals surface area (Å²) in [6, 6.07) is 2.64. The lowest BCUT2D eigenvalue weighted by Gasteiger charge is -2.35. The minimum absolute atomic E-state index is 0.373. The Balaban J connectivity index is 1.77. The number of anilines is 2. The zero-order valence-corrected chi connectivity index (χ0v) is 13.0. The number of nitrogen functional groups attached to an aromatic ring is 1. The maximum Gasteiger partial charge on any atom is 0.222 e. The molecule has 1 aromatic heterocycles. The van der Waals surface area contributed by atoms with E-state index in [0.29, 0.717) is 17.9 Å². The molecule has 3 aliphatic rings. The number of hydrogen-bond donors (Lipinski definition) is 1. The molecule has 1 aromatic rings. The Morgan fingerprint density at radius 1 is 1.29 bits per heavy atom. The molecule has 2 N–H and O–H groups in total. The number of aromatic nitrogens is 2. The van der Waals surface area contributed by atoms with Crippen LogP contribution in [-0.2, 0) is 4.74 Å². The molecule has 4 heterocycles. The molecule has 0 radical (unpaired) electrons. The average Bonchev–Trinajstić information content (AvgIpc) is 2.75. The molecule has 3 aliphatic heterocycles. The fraction of sp³-hybridized carbons (Fsp3) is 0.733. The van der Waals surface area contributed by atoms with Gasteiger partial charge in [0.25, 0.3) is 0 Å². The van der Waals surface area contributed by atoms with E-state index < -0.39 is 0 Å². The average molecular weight is 291 g/mol. The summed E-state index contributed by atoms with van der Waals surface area (Å²) in [7, 11) is 1.77. The van der Waals surface area contributed by atoms with Crippen LogP contribution in [-0.4, -0.2) is 60.8 Å². The third-order valence-electron chi connectivity index (χ3n) is 4.59. The third kappa shape index (κ3) is 3.27. The van der Waals surface area contributed by atoms with E-state index in [0.717, 1.165) is 37.8 Å². The molecule has 6 nitrogen and oxygen atoms in total. The highest BCUT2D eigenvalue weighted by Gasteiger charge is 2.35. The summed E-state index contributed by atoms with van der Waals surface area (Å²) in [6.45, 7) is 7.06. The van der Waals surface area contributed by atoms with Crippen LogP contribution in [0.4, 0.5) is 11.8 Å². The normalized spacial score (nSPS) is 26.1. The van der Waals surface area contributed by atoms with Gasteiger partial charge in [-0.2, -0.15) is 4.98 Å². The van der Waals surface area contributed by atoms with Gasteiger partial charge in [-0.25, -0.2) is 4.98 Å². The molecule has 0 amide bonds. The molecule has 6 heteroatoms. The van der Waals surface area contributed by atoms with Gasteiger partial charge in [-0.15, -0.1) is 0 Å². The fourth-order valence-electron chi connectivity index (χ4n) is 3.58. The van der Waals surface area contributed by atoms with Crippen LogP contribution in [0.5, 0.6) is 0 Å². The fourth-order valence-corrected chi connectivity index (χ4v) is 3.58. The molecule has 2 atom stereocenters. The van der Waals surface area contributed by atoms with Crippen molar-refractivity contribution in [1.82, 2.24) is 14.9 Å². The Hall–Kier alpha value is -1.40. The first-order valence-electron chi connectivity index (χ1n) is 7.75. The van der Waals surface area contributed by atoms with E-state index in [1.807, 2.05) is 13.0 Å².